The molecule has 1 unspecified atom stereocenters. The Morgan fingerprint density at radius 1 is 1.38 bits per heavy atom. The summed E-state index contributed by atoms with van der Waals surface area (Å²) in [5, 5.41) is 0. The standard InChI is InChI=1S/C12H21F2NO/c1-12(13,14)6-9-15-7-2-3-11(4-8-15)5-10-16/h10-11H,2-9H2,1H3. The fraction of sp³-hybridized carbons (Fsp3) is 0.917. The molecule has 94 valence electrons. The van der Waals surface area contributed by atoms with Crippen molar-refractivity contribution in [2.24, 2.45) is 5.92 Å². The molecule has 0 spiro atoms. The summed E-state index contributed by atoms with van der Waals surface area (Å²) in [6, 6.07) is 0. The molecule has 0 saturated carbocycles. The zero-order valence-corrected chi connectivity index (χ0v) is 9.92. The van der Waals surface area contributed by atoms with Crippen LogP contribution in [0.2, 0.25) is 0 Å². The number of nitrogens with zero attached hydrogens (tertiary/aromatic N) is 1. The van der Waals surface area contributed by atoms with Crippen molar-refractivity contribution < 1.29 is 13.6 Å². The van der Waals surface area contributed by atoms with Crippen molar-refractivity contribution in [2.75, 3.05) is 19.6 Å². The SMILES string of the molecule is CC(F)(F)CCN1CCCC(CC=O)CC1. The molecule has 1 saturated heterocycles. The number of likely N-dealkylation sites (tertiary alicyclic amines) is 1. The van der Waals surface area contributed by atoms with Gasteiger partial charge in [0.05, 0.1) is 0 Å². The molecule has 0 radical (unpaired) electrons. The first-order chi connectivity index (χ1) is 7.51. The van der Waals surface area contributed by atoms with Crippen LogP contribution in [0.15, 0.2) is 0 Å². The summed E-state index contributed by atoms with van der Waals surface area (Å²) in [5.74, 6) is -2.10. The summed E-state index contributed by atoms with van der Waals surface area (Å²) in [6.07, 6.45) is 4.57. The Bertz CT molecular complexity index is 216. The van der Waals surface area contributed by atoms with Gasteiger partial charge in [0, 0.05) is 19.4 Å². The Kier molecular flexibility index (Phi) is 5.32. The summed E-state index contributed by atoms with van der Waals surface area (Å²) in [6.45, 7) is 3.19. The second-order valence-corrected chi connectivity index (χ2v) is 4.86. The lowest BCUT2D eigenvalue weighted by atomic mass is 9.98. The fourth-order valence-electron chi connectivity index (χ4n) is 2.17. The van der Waals surface area contributed by atoms with Crippen molar-refractivity contribution in [3.8, 4) is 0 Å². The Labute approximate surface area is 96.0 Å². The van der Waals surface area contributed by atoms with E-state index in [1.807, 2.05) is 0 Å². The number of aldehydes is 1. The van der Waals surface area contributed by atoms with Crippen LogP contribution in [-0.2, 0) is 4.79 Å². The van der Waals surface area contributed by atoms with Crippen LogP contribution < -0.4 is 0 Å². The maximum atomic E-state index is 12.7. The van der Waals surface area contributed by atoms with Crippen LogP contribution >= 0.6 is 0 Å². The van der Waals surface area contributed by atoms with E-state index >= 15 is 0 Å². The lowest BCUT2D eigenvalue weighted by molar-refractivity contribution is -0.108. The van der Waals surface area contributed by atoms with Crippen LogP contribution in [-0.4, -0.2) is 36.7 Å². The number of halogens is 2. The minimum Gasteiger partial charge on any atom is -0.303 e. The molecule has 1 heterocycles. The van der Waals surface area contributed by atoms with Crippen LogP contribution in [0.5, 0.6) is 0 Å². The van der Waals surface area contributed by atoms with Crippen molar-refractivity contribution >= 4 is 6.29 Å². The highest BCUT2D eigenvalue weighted by molar-refractivity contribution is 5.49. The first kappa shape index (κ1) is 13.6. The first-order valence-corrected chi connectivity index (χ1v) is 6.05. The van der Waals surface area contributed by atoms with Gasteiger partial charge in [-0.3, -0.25) is 0 Å². The summed E-state index contributed by atoms with van der Waals surface area (Å²) in [5.41, 5.74) is 0. The average molecular weight is 233 g/mol. The zero-order valence-electron chi connectivity index (χ0n) is 9.92. The lowest BCUT2D eigenvalue weighted by Gasteiger charge is -2.21. The quantitative estimate of drug-likeness (QED) is 0.680. The highest BCUT2D eigenvalue weighted by Crippen LogP contribution is 2.22. The molecule has 0 N–H and O–H groups in total. The van der Waals surface area contributed by atoms with E-state index in [9.17, 15) is 13.6 Å². The molecule has 0 aromatic heterocycles. The third kappa shape index (κ3) is 5.54. The molecule has 0 amide bonds. The van der Waals surface area contributed by atoms with Gasteiger partial charge in [-0.25, -0.2) is 8.78 Å². The third-order valence-corrected chi connectivity index (χ3v) is 3.24. The van der Waals surface area contributed by atoms with Crippen molar-refractivity contribution in [3.63, 3.8) is 0 Å². The molecule has 1 rings (SSSR count). The smallest absolute Gasteiger partial charge is 0.246 e. The van der Waals surface area contributed by atoms with Crippen LogP contribution in [0.3, 0.4) is 0 Å². The van der Waals surface area contributed by atoms with Gasteiger partial charge in [-0.2, -0.15) is 0 Å². The third-order valence-electron chi connectivity index (χ3n) is 3.24. The number of carbonyl (C=O) groups is 1. The molecule has 0 aliphatic carbocycles. The van der Waals surface area contributed by atoms with Crippen molar-refractivity contribution in [1.29, 1.82) is 0 Å². The Hall–Kier alpha value is -0.510. The molecule has 1 fully saturated rings. The normalized spacial score (nSPS) is 24.1. The minimum atomic E-state index is -2.56. The molecular formula is C12H21F2NO. The molecule has 0 aromatic carbocycles. The van der Waals surface area contributed by atoms with E-state index in [0.29, 0.717) is 18.9 Å². The van der Waals surface area contributed by atoms with Gasteiger partial charge in [-0.1, -0.05) is 0 Å². The number of alkyl halides is 2. The van der Waals surface area contributed by atoms with E-state index in [1.165, 1.54) is 0 Å². The van der Waals surface area contributed by atoms with E-state index in [-0.39, 0.29) is 6.42 Å². The number of hydrogen-bond acceptors (Lipinski definition) is 2. The second-order valence-electron chi connectivity index (χ2n) is 4.86. The summed E-state index contributed by atoms with van der Waals surface area (Å²) in [4.78, 5) is 12.5. The van der Waals surface area contributed by atoms with Gasteiger partial charge in [0.2, 0.25) is 5.92 Å². The Morgan fingerprint density at radius 3 is 2.75 bits per heavy atom. The van der Waals surface area contributed by atoms with E-state index in [1.54, 1.807) is 0 Å². The monoisotopic (exact) mass is 233 g/mol. The molecule has 0 bridgehead atoms. The van der Waals surface area contributed by atoms with Crippen LogP contribution in [0.1, 0.15) is 39.0 Å². The maximum absolute atomic E-state index is 12.7. The van der Waals surface area contributed by atoms with Gasteiger partial charge < -0.3 is 9.69 Å². The first-order valence-electron chi connectivity index (χ1n) is 6.05. The van der Waals surface area contributed by atoms with E-state index in [2.05, 4.69) is 4.90 Å². The topological polar surface area (TPSA) is 20.3 Å². The Balaban J connectivity index is 2.27. The van der Waals surface area contributed by atoms with Crippen molar-refractivity contribution in [1.82, 2.24) is 4.90 Å². The number of rotatable bonds is 5. The molecule has 1 aliphatic rings. The van der Waals surface area contributed by atoms with Gasteiger partial charge in [0.1, 0.15) is 6.29 Å². The highest BCUT2D eigenvalue weighted by atomic mass is 19.3. The van der Waals surface area contributed by atoms with Crippen molar-refractivity contribution in [3.05, 3.63) is 0 Å². The molecule has 1 aliphatic heterocycles. The van der Waals surface area contributed by atoms with Gasteiger partial charge in [-0.05, 0) is 45.2 Å². The predicted octanol–water partition coefficient (Wildman–Crippen LogP) is 2.72. The number of hydrogen-bond donors (Lipinski definition) is 0. The molecule has 16 heavy (non-hydrogen) atoms. The van der Waals surface area contributed by atoms with Gasteiger partial charge in [0.25, 0.3) is 0 Å². The molecule has 2 nitrogen and oxygen atoms in total. The van der Waals surface area contributed by atoms with Gasteiger partial charge in [-0.15, -0.1) is 0 Å². The van der Waals surface area contributed by atoms with E-state index in [0.717, 1.165) is 45.6 Å². The lowest BCUT2D eigenvalue weighted by Crippen LogP contribution is -2.29. The highest BCUT2D eigenvalue weighted by Gasteiger charge is 2.23. The van der Waals surface area contributed by atoms with E-state index in [4.69, 9.17) is 0 Å². The fourth-order valence-corrected chi connectivity index (χ4v) is 2.17. The maximum Gasteiger partial charge on any atom is 0.246 e. The van der Waals surface area contributed by atoms with Crippen LogP contribution in [0.4, 0.5) is 8.78 Å². The van der Waals surface area contributed by atoms with Gasteiger partial charge >= 0.3 is 0 Å². The van der Waals surface area contributed by atoms with E-state index < -0.39 is 5.92 Å². The summed E-state index contributed by atoms with van der Waals surface area (Å²) in [7, 11) is 0. The Morgan fingerprint density at radius 2 is 2.12 bits per heavy atom. The average Bonchev–Trinajstić information content (AvgIpc) is 2.40. The minimum absolute atomic E-state index is 0.0641. The van der Waals surface area contributed by atoms with Gasteiger partial charge in [0.15, 0.2) is 0 Å². The van der Waals surface area contributed by atoms with Crippen LogP contribution in [0.25, 0.3) is 0 Å². The summed E-state index contributed by atoms with van der Waals surface area (Å²) < 4.78 is 25.4. The molecule has 0 aromatic rings. The summed E-state index contributed by atoms with van der Waals surface area (Å²) >= 11 is 0. The zero-order chi connectivity index (χ0) is 12.0. The predicted molar refractivity (Wildman–Crippen MR) is 59.7 cm³/mol. The molecule has 1 atom stereocenters. The second kappa shape index (κ2) is 6.28. The van der Waals surface area contributed by atoms with Crippen molar-refractivity contribution in [2.45, 2.75) is 45.0 Å². The largest absolute Gasteiger partial charge is 0.303 e. The number of carbonyl (C=O) groups excluding carboxylic acids is 1. The molecule has 4 heteroatoms. The van der Waals surface area contributed by atoms with Crippen LogP contribution in [0, 0.1) is 5.92 Å². The molecular weight excluding hydrogens is 212 g/mol.